The molecule has 0 spiro atoms. The van der Waals surface area contributed by atoms with E-state index in [4.69, 9.17) is 11.6 Å². The Morgan fingerprint density at radius 3 is 2.55 bits per heavy atom. The van der Waals surface area contributed by atoms with Crippen LogP contribution in [-0.2, 0) is 6.18 Å². The summed E-state index contributed by atoms with van der Waals surface area (Å²) in [7, 11) is 0. The summed E-state index contributed by atoms with van der Waals surface area (Å²) in [6, 6.07) is 5.29. The second-order valence-electron chi connectivity index (χ2n) is 4.04. The third kappa shape index (κ3) is 3.13. The molecule has 1 N–H and O–H groups in total. The first kappa shape index (κ1) is 15.3. The lowest BCUT2D eigenvalue weighted by Gasteiger charge is -2.17. The van der Waals surface area contributed by atoms with Gasteiger partial charge in [-0.05, 0) is 39.7 Å². The largest absolute Gasteiger partial charge is 0.416 e. The first-order valence-corrected chi connectivity index (χ1v) is 6.62. The molecular weight excluding hydrogens is 358 g/mol. The van der Waals surface area contributed by atoms with Gasteiger partial charge in [-0.25, -0.2) is 0 Å². The van der Waals surface area contributed by atoms with Gasteiger partial charge in [-0.15, -0.1) is 0 Å². The lowest BCUT2D eigenvalue weighted by atomic mass is 9.98. The molecule has 7 heteroatoms. The van der Waals surface area contributed by atoms with Gasteiger partial charge in [0.25, 0.3) is 0 Å². The number of aromatic nitrogens is 1. The Morgan fingerprint density at radius 2 is 1.95 bits per heavy atom. The van der Waals surface area contributed by atoms with Crippen molar-refractivity contribution in [1.82, 2.24) is 4.98 Å². The molecule has 0 amide bonds. The molecule has 0 saturated carbocycles. The number of pyridine rings is 1. The molecule has 0 aliphatic heterocycles. The third-order valence-corrected chi connectivity index (χ3v) is 3.94. The van der Waals surface area contributed by atoms with E-state index in [1.165, 1.54) is 12.1 Å². The number of nitrogens with zero attached hydrogens (tertiary/aromatic N) is 1. The number of halogens is 5. The Hall–Kier alpha value is -1.11. The molecule has 0 fully saturated rings. The number of benzene rings is 1. The van der Waals surface area contributed by atoms with Crippen LogP contribution in [0.25, 0.3) is 0 Å². The Kier molecular flexibility index (Phi) is 4.36. The van der Waals surface area contributed by atoms with Crippen LogP contribution in [0.3, 0.4) is 0 Å². The maximum atomic E-state index is 12.9. The normalized spacial score (nSPS) is 13.3. The summed E-state index contributed by atoms with van der Waals surface area (Å²) < 4.78 is 39.3. The first-order chi connectivity index (χ1) is 9.30. The fourth-order valence-corrected chi connectivity index (χ4v) is 2.18. The van der Waals surface area contributed by atoms with Crippen molar-refractivity contribution in [3.05, 3.63) is 62.8 Å². The quantitative estimate of drug-likeness (QED) is 0.843. The summed E-state index contributed by atoms with van der Waals surface area (Å²) in [5.74, 6) is 0. The third-order valence-electron chi connectivity index (χ3n) is 2.71. The van der Waals surface area contributed by atoms with Gasteiger partial charge >= 0.3 is 6.18 Å². The fourth-order valence-electron chi connectivity index (χ4n) is 1.74. The minimum atomic E-state index is -4.56. The Balaban J connectivity index is 2.48. The van der Waals surface area contributed by atoms with Crippen LogP contribution in [-0.4, -0.2) is 10.1 Å². The second-order valence-corrected chi connectivity index (χ2v) is 5.30. The van der Waals surface area contributed by atoms with Crippen LogP contribution >= 0.6 is 27.5 Å². The van der Waals surface area contributed by atoms with Crippen molar-refractivity contribution in [1.29, 1.82) is 0 Å². The molecular formula is C13H8BrClF3NO. The number of aliphatic hydroxyl groups excluding tert-OH is 1. The molecule has 1 aromatic carbocycles. The molecule has 20 heavy (non-hydrogen) atoms. The minimum Gasteiger partial charge on any atom is -0.384 e. The summed E-state index contributed by atoms with van der Waals surface area (Å²) >= 11 is 9.05. The predicted octanol–water partition coefficient (Wildman–Crippen LogP) is 4.60. The number of rotatable bonds is 2. The molecule has 2 nitrogen and oxygen atoms in total. The highest BCUT2D eigenvalue weighted by Gasteiger charge is 2.35. The van der Waals surface area contributed by atoms with Crippen molar-refractivity contribution in [3.8, 4) is 0 Å². The molecule has 106 valence electrons. The highest BCUT2D eigenvalue weighted by Crippen LogP contribution is 2.37. The van der Waals surface area contributed by atoms with Crippen molar-refractivity contribution < 1.29 is 18.3 Å². The van der Waals surface area contributed by atoms with Crippen LogP contribution in [0.4, 0.5) is 13.2 Å². The average molecular weight is 367 g/mol. The molecule has 0 aliphatic carbocycles. The molecule has 0 aliphatic rings. The maximum Gasteiger partial charge on any atom is 0.416 e. The number of hydrogen-bond donors (Lipinski definition) is 1. The Morgan fingerprint density at radius 1 is 1.25 bits per heavy atom. The van der Waals surface area contributed by atoms with Crippen LogP contribution in [0.5, 0.6) is 0 Å². The lowest BCUT2D eigenvalue weighted by molar-refractivity contribution is -0.139. The van der Waals surface area contributed by atoms with Crippen molar-refractivity contribution >= 4 is 27.5 Å². The number of alkyl halides is 3. The van der Waals surface area contributed by atoms with E-state index >= 15 is 0 Å². The number of aliphatic hydroxyl groups is 1. The summed E-state index contributed by atoms with van der Waals surface area (Å²) in [4.78, 5) is 3.64. The molecule has 0 radical (unpaired) electrons. The van der Waals surface area contributed by atoms with Crippen LogP contribution in [0.2, 0.25) is 5.02 Å². The van der Waals surface area contributed by atoms with Gasteiger partial charge in [0.05, 0.1) is 10.6 Å². The highest BCUT2D eigenvalue weighted by atomic mass is 79.9. The van der Waals surface area contributed by atoms with Gasteiger partial charge in [-0.3, -0.25) is 4.98 Å². The van der Waals surface area contributed by atoms with Crippen molar-refractivity contribution in [2.24, 2.45) is 0 Å². The standard InChI is InChI=1S/C13H8BrClF3NO/c14-10-2-1-7(5-11(10)15)12(20)8-6-19-4-3-9(8)13(16,17)18/h1-6,12,20H. The van der Waals surface area contributed by atoms with Crippen LogP contribution in [0, 0.1) is 0 Å². The highest BCUT2D eigenvalue weighted by molar-refractivity contribution is 9.10. The van der Waals surface area contributed by atoms with Crippen molar-refractivity contribution in [2.75, 3.05) is 0 Å². The molecule has 2 rings (SSSR count). The van der Waals surface area contributed by atoms with E-state index in [-0.39, 0.29) is 11.1 Å². The topological polar surface area (TPSA) is 33.1 Å². The van der Waals surface area contributed by atoms with Crippen molar-refractivity contribution in [3.63, 3.8) is 0 Å². The minimum absolute atomic E-state index is 0.261. The monoisotopic (exact) mass is 365 g/mol. The zero-order chi connectivity index (χ0) is 14.9. The molecule has 1 aromatic heterocycles. The van der Waals surface area contributed by atoms with E-state index in [1.807, 2.05) is 0 Å². The summed E-state index contributed by atoms with van der Waals surface area (Å²) in [5, 5.41) is 10.4. The second kappa shape index (κ2) is 5.71. The van der Waals surface area contributed by atoms with Crippen LogP contribution < -0.4 is 0 Å². The smallest absolute Gasteiger partial charge is 0.384 e. The number of hydrogen-bond acceptors (Lipinski definition) is 2. The van der Waals surface area contributed by atoms with Gasteiger partial charge in [0, 0.05) is 22.4 Å². The Labute approximate surface area is 126 Å². The zero-order valence-corrected chi connectivity index (χ0v) is 12.2. The van der Waals surface area contributed by atoms with E-state index in [0.29, 0.717) is 9.50 Å². The molecule has 1 atom stereocenters. The summed E-state index contributed by atoms with van der Waals surface area (Å²) in [5.41, 5.74) is -0.964. The lowest BCUT2D eigenvalue weighted by Crippen LogP contribution is -2.13. The van der Waals surface area contributed by atoms with Crippen LogP contribution in [0.1, 0.15) is 22.8 Å². The predicted molar refractivity (Wildman–Crippen MR) is 72.5 cm³/mol. The first-order valence-electron chi connectivity index (χ1n) is 5.45. The fraction of sp³-hybridized carbons (Fsp3) is 0.154. The maximum absolute atomic E-state index is 12.9. The molecule has 0 bridgehead atoms. The molecule has 1 heterocycles. The van der Waals surface area contributed by atoms with Gasteiger partial charge in [0.1, 0.15) is 6.10 Å². The van der Waals surface area contributed by atoms with Crippen LogP contribution in [0.15, 0.2) is 41.1 Å². The molecule has 2 aromatic rings. The summed E-state index contributed by atoms with van der Waals surface area (Å²) in [6.45, 7) is 0. The van der Waals surface area contributed by atoms with Gasteiger partial charge in [-0.1, -0.05) is 17.7 Å². The van der Waals surface area contributed by atoms with E-state index < -0.39 is 17.8 Å². The SMILES string of the molecule is OC(c1ccc(Br)c(Cl)c1)c1cnccc1C(F)(F)F. The molecule has 0 saturated heterocycles. The van der Waals surface area contributed by atoms with Crippen molar-refractivity contribution in [2.45, 2.75) is 12.3 Å². The average Bonchev–Trinajstić information content (AvgIpc) is 2.40. The molecule has 1 unspecified atom stereocenters. The van der Waals surface area contributed by atoms with Gasteiger partial charge < -0.3 is 5.11 Å². The van der Waals surface area contributed by atoms with E-state index in [1.54, 1.807) is 6.07 Å². The van der Waals surface area contributed by atoms with Gasteiger partial charge in [0.15, 0.2) is 0 Å². The van der Waals surface area contributed by atoms with Gasteiger partial charge in [0.2, 0.25) is 0 Å². The van der Waals surface area contributed by atoms with E-state index in [2.05, 4.69) is 20.9 Å². The summed E-state index contributed by atoms with van der Waals surface area (Å²) in [6.07, 6.45) is -3.97. The van der Waals surface area contributed by atoms with E-state index in [0.717, 1.165) is 18.5 Å². The zero-order valence-electron chi connectivity index (χ0n) is 9.83. The van der Waals surface area contributed by atoms with Gasteiger partial charge in [-0.2, -0.15) is 13.2 Å². The van der Waals surface area contributed by atoms with E-state index in [9.17, 15) is 18.3 Å². The Bertz CT molecular complexity index is 633.